The van der Waals surface area contributed by atoms with Crippen LogP contribution >= 0.6 is 0 Å². The van der Waals surface area contributed by atoms with Gasteiger partial charge in [-0.3, -0.25) is 9.00 Å². The van der Waals surface area contributed by atoms with Crippen LogP contribution in [0, 0.1) is 0 Å². The molecule has 2 aromatic heterocycles. The second-order valence-electron chi connectivity index (χ2n) is 4.60. The molecular formula is C13H14N4O2S. The number of nitrogens with zero attached hydrogens (tertiary/aromatic N) is 3. The first kappa shape index (κ1) is 13.0. The molecule has 1 aliphatic rings. The molecule has 1 aliphatic heterocycles. The monoisotopic (exact) mass is 290 g/mol. The SMILES string of the molecule is O=C(N[C@H]1CC[S@@](=O)C1)c1cccc(-n2cccn2)n1. The minimum atomic E-state index is -0.804. The van der Waals surface area contributed by atoms with Crippen LogP contribution in [-0.4, -0.2) is 42.4 Å². The molecule has 0 unspecified atom stereocenters. The average Bonchev–Trinajstić information content (AvgIpc) is 3.11. The largest absolute Gasteiger partial charge is 0.347 e. The second kappa shape index (κ2) is 5.54. The summed E-state index contributed by atoms with van der Waals surface area (Å²) in [5.41, 5.74) is 0.343. The van der Waals surface area contributed by atoms with E-state index in [2.05, 4.69) is 15.4 Å². The highest BCUT2D eigenvalue weighted by atomic mass is 32.2. The van der Waals surface area contributed by atoms with Crippen LogP contribution in [0.1, 0.15) is 16.9 Å². The molecule has 6 nitrogen and oxygen atoms in total. The van der Waals surface area contributed by atoms with Crippen molar-refractivity contribution < 1.29 is 9.00 Å². The smallest absolute Gasteiger partial charge is 0.270 e. The zero-order valence-corrected chi connectivity index (χ0v) is 11.5. The number of rotatable bonds is 3. The van der Waals surface area contributed by atoms with Gasteiger partial charge in [0.05, 0.1) is 0 Å². The first-order chi connectivity index (χ1) is 9.72. The molecule has 104 valence electrons. The number of carbonyl (C=O) groups is 1. The molecule has 0 spiro atoms. The van der Waals surface area contributed by atoms with Crippen molar-refractivity contribution >= 4 is 16.7 Å². The van der Waals surface area contributed by atoms with E-state index >= 15 is 0 Å². The molecule has 20 heavy (non-hydrogen) atoms. The molecule has 0 aliphatic carbocycles. The Labute approximate surface area is 118 Å². The Bertz CT molecular complexity index is 642. The van der Waals surface area contributed by atoms with Gasteiger partial charge in [0.25, 0.3) is 5.91 Å². The number of hydrogen-bond donors (Lipinski definition) is 1. The first-order valence-corrected chi connectivity index (χ1v) is 7.84. The van der Waals surface area contributed by atoms with Crippen molar-refractivity contribution in [3.63, 3.8) is 0 Å². The molecule has 2 atom stereocenters. The summed E-state index contributed by atoms with van der Waals surface area (Å²) in [5, 5.41) is 6.96. The standard InChI is InChI=1S/C13H14N4O2S/c18-13(15-10-5-8-20(19)9-10)11-3-1-4-12(16-11)17-7-2-6-14-17/h1-4,6-7,10H,5,8-9H2,(H,15,18)/t10-,20+/m0/s1. The van der Waals surface area contributed by atoms with Crippen LogP contribution < -0.4 is 5.32 Å². The Kier molecular flexibility index (Phi) is 3.60. The summed E-state index contributed by atoms with van der Waals surface area (Å²) in [5.74, 6) is 1.55. The van der Waals surface area contributed by atoms with Crippen LogP contribution in [-0.2, 0) is 10.8 Å². The quantitative estimate of drug-likeness (QED) is 0.894. The Hall–Kier alpha value is -2.02. The molecule has 1 fully saturated rings. The summed E-state index contributed by atoms with van der Waals surface area (Å²) in [4.78, 5) is 16.4. The predicted molar refractivity (Wildman–Crippen MR) is 75.1 cm³/mol. The van der Waals surface area contributed by atoms with Gasteiger partial charge in [0.2, 0.25) is 0 Å². The van der Waals surface area contributed by atoms with E-state index in [-0.39, 0.29) is 11.9 Å². The van der Waals surface area contributed by atoms with E-state index in [1.807, 2.05) is 0 Å². The van der Waals surface area contributed by atoms with E-state index in [9.17, 15) is 9.00 Å². The number of carbonyl (C=O) groups excluding carboxylic acids is 1. The third-order valence-corrected chi connectivity index (χ3v) is 4.59. The van der Waals surface area contributed by atoms with Gasteiger partial charge in [-0.05, 0) is 24.6 Å². The van der Waals surface area contributed by atoms with Gasteiger partial charge in [-0.1, -0.05) is 6.07 Å². The number of amides is 1. The Morgan fingerprint density at radius 1 is 1.40 bits per heavy atom. The number of nitrogens with one attached hydrogen (secondary N) is 1. The van der Waals surface area contributed by atoms with Crippen molar-refractivity contribution in [1.82, 2.24) is 20.1 Å². The molecule has 1 saturated heterocycles. The molecule has 1 N–H and O–H groups in total. The lowest BCUT2D eigenvalue weighted by molar-refractivity contribution is 0.0936. The van der Waals surface area contributed by atoms with E-state index in [0.29, 0.717) is 23.0 Å². The summed E-state index contributed by atoms with van der Waals surface area (Å²) in [6.07, 6.45) is 4.18. The van der Waals surface area contributed by atoms with Gasteiger partial charge in [-0.25, -0.2) is 9.67 Å². The normalized spacial score (nSPS) is 21.8. The highest BCUT2D eigenvalue weighted by molar-refractivity contribution is 7.85. The summed E-state index contributed by atoms with van der Waals surface area (Å²) in [6.45, 7) is 0. The average molecular weight is 290 g/mol. The summed E-state index contributed by atoms with van der Waals surface area (Å²) in [7, 11) is -0.804. The molecule has 0 aromatic carbocycles. The minimum absolute atomic E-state index is 0.0153. The third kappa shape index (κ3) is 2.77. The molecule has 2 aromatic rings. The van der Waals surface area contributed by atoms with Crippen LogP contribution in [0.3, 0.4) is 0 Å². The molecule has 7 heteroatoms. The van der Waals surface area contributed by atoms with Crippen molar-refractivity contribution in [2.24, 2.45) is 0 Å². The predicted octanol–water partition coefficient (Wildman–Crippen LogP) is 0.518. The number of hydrogen-bond acceptors (Lipinski definition) is 4. The van der Waals surface area contributed by atoms with Crippen LogP contribution in [0.15, 0.2) is 36.7 Å². The maximum Gasteiger partial charge on any atom is 0.270 e. The zero-order valence-electron chi connectivity index (χ0n) is 10.7. The zero-order chi connectivity index (χ0) is 13.9. The number of aromatic nitrogens is 3. The topological polar surface area (TPSA) is 76.9 Å². The van der Waals surface area contributed by atoms with E-state index < -0.39 is 10.8 Å². The van der Waals surface area contributed by atoms with Crippen LogP contribution in [0.4, 0.5) is 0 Å². The van der Waals surface area contributed by atoms with E-state index in [1.54, 1.807) is 41.3 Å². The third-order valence-electron chi connectivity index (χ3n) is 3.12. The molecular weight excluding hydrogens is 276 g/mol. The molecule has 3 rings (SSSR count). The van der Waals surface area contributed by atoms with Gasteiger partial charge in [0.15, 0.2) is 5.82 Å². The van der Waals surface area contributed by atoms with Crippen LogP contribution in [0.5, 0.6) is 0 Å². The maximum absolute atomic E-state index is 12.1. The minimum Gasteiger partial charge on any atom is -0.347 e. The maximum atomic E-state index is 12.1. The van der Waals surface area contributed by atoms with Gasteiger partial charge in [-0.2, -0.15) is 5.10 Å². The second-order valence-corrected chi connectivity index (χ2v) is 6.22. The lowest BCUT2D eigenvalue weighted by atomic mass is 10.2. The van der Waals surface area contributed by atoms with E-state index in [4.69, 9.17) is 0 Å². The Morgan fingerprint density at radius 3 is 3.00 bits per heavy atom. The van der Waals surface area contributed by atoms with Crippen molar-refractivity contribution in [3.05, 3.63) is 42.4 Å². The number of pyridine rings is 1. The molecule has 0 saturated carbocycles. The van der Waals surface area contributed by atoms with Gasteiger partial charge in [-0.15, -0.1) is 0 Å². The Morgan fingerprint density at radius 2 is 2.30 bits per heavy atom. The molecule has 0 radical (unpaired) electrons. The van der Waals surface area contributed by atoms with Crippen molar-refractivity contribution in [2.75, 3.05) is 11.5 Å². The fraction of sp³-hybridized carbons (Fsp3) is 0.308. The highest BCUT2D eigenvalue weighted by Crippen LogP contribution is 2.09. The molecule has 0 bridgehead atoms. The van der Waals surface area contributed by atoms with E-state index in [1.165, 1.54) is 0 Å². The van der Waals surface area contributed by atoms with Gasteiger partial charge in [0, 0.05) is 40.7 Å². The van der Waals surface area contributed by atoms with Crippen molar-refractivity contribution in [1.29, 1.82) is 0 Å². The summed E-state index contributed by atoms with van der Waals surface area (Å²) < 4.78 is 12.9. The van der Waals surface area contributed by atoms with E-state index in [0.717, 1.165) is 6.42 Å². The molecule has 3 heterocycles. The van der Waals surface area contributed by atoms with Gasteiger partial charge < -0.3 is 5.32 Å². The first-order valence-electron chi connectivity index (χ1n) is 6.35. The van der Waals surface area contributed by atoms with Crippen molar-refractivity contribution in [3.8, 4) is 5.82 Å². The fourth-order valence-electron chi connectivity index (χ4n) is 2.12. The van der Waals surface area contributed by atoms with Gasteiger partial charge in [0.1, 0.15) is 5.69 Å². The van der Waals surface area contributed by atoms with Crippen molar-refractivity contribution in [2.45, 2.75) is 12.5 Å². The lowest BCUT2D eigenvalue weighted by Crippen LogP contribution is -2.35. The van der Waals surface area contributed by atoms with Gasteiger partial charge >= 0.3 is 0 Å². The summed E-state index contributed by atoms with van der Waals surface area (Å²) in [6, 6.07) is 7.00. The lowest BCUT2D eigenvalue weighted by Gasteiger charge is -2.11. The Balaban J connectivity index is 1.75. The summed E-state index contributed by atoms with van der Waals surface area (Å²) >= 11 is 0. The van der Waals surface area contributed by atoms with Crippen LogP contribution in [0.2, 0.25) is 0 Å². The highest BCUT2D eigenvalue weighted by Gasteiger charge is 2.23. The van der Waals surface area contributed by atoms with Crippen LogP contribution in [0.25, 0.3) is 5.82 Å². The fourth-order valence-corrected chi connectivity index (χ4v) is 3.53. The molecule has 1 amide bonds.